The van der Waals surface area contributed by atoms with Crippen LogP contribution in [-0.2, 0) is 16.1 Å². The number of amides is 2. The molecule has 29 heavy (non-hydrogen) atoms. The third-order valence-electron chi connectivity index (χ3n) is 3.92. The van der Waals surface area contributed by atoms with Crippen LogP contribution in [0.1, 0.15) is 51.2 Å². The number of rotatable bonds is 9. The number of thiophene rings is 1. The quantitative estimate of drug-likeness (QED) is 0.350. The molecule has 9 nitrogen and oxygen atoms in total. The van der Waals surface area contributed by atoms with Crippen LogP contribution in [0.5, 0.6) is 0 Å². The molecule has 0 saturated heterocycles. The van der Waals surface area contributed by atoms with Crippen molar-refractivity contribution in [3.63, 3.8) is 0 Å². The van der Waals surface area contributed by atoms with Crippen LogP contribution >= 0.6 is 23.1 Å². The van der Waals surface area contributed by atoms with Crippen LogP contribution in [0, 0.1) is 6.92 Å². The average molecular weight is 438 g/mol. The van der Waals surface area contributed by atoms with Crippen LogP contribution in [0.25, 0.3) is 0 Å². The lowest BCUT2D eigenvalue weighted by molar-refractivity contribution is -0.113. The zero-order valence-electron chi connectivity index (χ0n) is 16.6. The van der Waals surface area contributed by atoms with Crippen molar-refractivity contribution in [1.29, 1.82) is 0 Å². The van der Waals surface area contributed by atoms with E-state index in [9.17, 15) is 14.4 Å². The van der Waals surface area contributed by atoms with Crippen molar-refractivity contribution in [1.82, 2.24) is 14.8 Å². The van der Waals surface area contributed by atoms with E-state index in [2.05, 4.69) is 22.1 Å². The minimum absolute atomic E-state index is 0.0385. The molecule has 0 aliphatic carbocycles. The van der Waals surface area contributed by atoms with Gasteiger partial charge in [-0.2, -0.15) is 0 Å². The number of primary amides is 1. The Kier molecular flexibility index (Phi) is 7.57. The van der Waals surface area contributed by atoms with Gasteiger partial charge in [0, 0.05) is 12.5 Å². The van der Waals surface area contributed by atoms with E-state index < -0.39 is 11.9 Å². The van der Waals surface area contributed by atoms with Gasteiger partial charge in [0.2, 0.25) is 5.91 Å². The maximum Gasteiger partial charge on any atom is 0.341 e. The highest BCUT2D eigenvalue weighted by atomic mass is 32.2. The molecular formula is C18H23N5O4S2. The van der Waals surface area contributed by atoms with Gasteiger partial charge in [-0.25, -0.2) is 4.79 Å². The van der Waals surface area contributed by atoms with Gasteiger partial charge >= 0.3 is 5.97 Å². The van der Waals surface area contributed by atoms with Crippen LogP contribution in [0.2, 0.25) is 0 Å². The third kappa shape index (κ3) is 5.04. The van der Waals surface area contributed by atoms with Gasteiger partial charge in [0.05, 0.1) is 23.3 Å². The standard InChI is InChI=1S/C18H23N5O4S2/c1-6-7-23-15(9(2)3)21-22-18(23)28-8-11(24)20-16-12(17(26)27-5)10(4)13(29-16)14(19)25/h6,9H,1,7-8H2,2-5H3,(H2,19,25)(H,20,24). The summed E-state index contributed by atoms with van der Waals surface area (Å²) in [7, 11) is 1.23. The number of methoxy groups -OCH3 is 1. The predicted molar refractivity (Wildman–Crippen MR) is 113 cm³/mol. The van der Waals surface area contributed by atoms with Crippen molar-refractivity contribution < 1.29 is 19.1 Å². The summed E-state index contributed by atoms with van der Waals surface area (Å²) >= 11 is 2.16. The number of hydrogen-bond donors (Lipinski definition) is 2. The normalized spacial score (nSPS) is 10.8. The van der Waals surface area contributed by atoms with Gasteiger partial charge in [0.1, 0.15) is 10.8 Å². The smallest absolute Gasteiger partial charge is 0.341 e. The molecule has 0 spiro atoms. The fourth-order valence-electron chi connectivity index (χ4n) is 2.61. The molecule has 156 valence electrons. The molecule has 3 N–H and O–H groups in total. The molecule has 2 aromatic heterocycles. The first kappa shape index (κ1) is 22.6. The second-order valence-corrected chi connectivity index (χ2v) is 8.31. The second-order valence-electron chi connectivity index (χ2n) is 6.35. The summed E-state index contributed by atoms with van der Waals surface area (Å²) in [6.07, 6.45) is 1.74. The highest BCUT2D eigenvalue weighted by molar-refractivity contribution is 7.99. The lowest BCUT2D eigenvalue weighted by Crippen LogP contribution is -2.16. The summed E-state index contributed by atoms with van der Waals surface area (Å²) in [4.78, 5) is 36.3. The van der Waals surface area contributed by atoms with Crippen LogP contribution in [-0.4, -0.2) is 45.4 Å². The minimum Gasteiger partial charge on any atom is -0.465 e. The molecule has 2 amide bonds. The number of nitrogens with two attached hydrogens (primary N) is 1. The minimum atomic E-state index is -0.675. The Hall–Kier alpha value is -2.66. The number of nitrogens with zero attached hydrogens (tertiary/aromatic N) is 3. The monoisotopic (exact) mass is 437 g/mol. The summed E-state index contributed by atoms with van der Waals surface area (Å²) in [6, 6.07) is 0. The van der Waals surface area contributed by atoms with Crippen molar-refractivity contribution in [3.05, 3.63) is 34.5 Å². The van der Waals surface area contributed by atoms with E-state index in [1.807, 2.05) is 18.4 Å². The number of esters is 1. The van der Waals surface area contributed by atoms with Gasteiger partial charge in [0.25, 0.3) is 5.91 Å². The maximum atomic E-state index is 12.5. The first-order chi connectivity index (χ1) is 13.7. The van der Waals surface area contributed by atoms with Crippen molar-refractivity contribution in [3.8, 4) is 0 Å². The lowest BCUT2D eigenvalue weighted by atomic mass is 10.1. The van der Waals surface area contributed by atoms with E-state index >= 15 is 0 Å². The second kappa shape index (κ2) is 9.70. The molecule has 0 aliphatic heterocycles. The molecular weight excluding hydrogens is 414 g/mol. The molecule has 2 rings (SSSR count). The van der Waals surface area contributed by atoms with Gasteiger partial charge in [-0.3, -0.25) is 9.59 Å². The zero-order chi connectivity index (χ0) is 21.7. The number of carbonyl (C=O) groups is 3. The Morgan fingerprint density at radius 2 is 2.07 bits per heavy atom. The Balaban J connectivity index is 2.18. The Morgan fingerprint density at radius 3 is 2.62 bits per heavy atom. The Bertz CT molecular complexity index is 948. The predicted octanol–water partition coefficient (Wildman–Crippen LogP) is 2.57. The summed E-state index contributed by atoms with van der Waals surface area (Å²) in [5, 5.41) is 11.8. The molecule has 0 fully saturated rings. The van der Waals surface area contributed by atoms with E-state index in [0.29, 0.717) is 17.3 Å². The molecule has 0 saturated carbocycles. The maximum absolute atomic E-state index is 12.5. The van der Waals surface area contributed by atoms with Crippen LogP contribution in [0.4, 0.5) is 5.00 Å². The number of hydrogen-bond acceptors (Lipinski definition) is 8. The van der Waals surface area contributed by atoms with E-state index in [1.165, 1.54) is 18.9 Å². The largest absolute Gasteiger partial charge is 0.465 e. The molecule has 0 radical (unpaired) electrons. The molecule has 0 atom stereocenters. The van der Waals surface area contributed by atoms with Gasteiger partial charge in [-0.1, -0.05) is 31.7 Å². The third-order valence-corrected chi connectivity index (χ3v) is 6.11. The molecule has 0 unspecified atom stereocenters. The van der Waals surface area contributed by atoms with Gasteiger partial charge in [-0.05, 0) is 12.5 Å². The zero-order valence-corrected chi connectivity index (χ0v) is 18.3. The van der Waals surface area contributed by atoms with E-state index in [4.69, 9.17) is 10.5 Å². The van der Waals surface area contributed by atoms with Crippen molar-refractivity contribution in [2.45, 2.75) is 38.4 Å². The lowest BCUT2D eigenvalue weighted by Gasteiger charge is -2.09. The van der Waals surface area contributed by atoms with E-state index in [0.717, 1.165) is 17.2 Å². The first-order valence-electron chi connectivity index (χ1n) is 8.69. The topological polar surface area (TPSA) is 129 Å². The number of carbonyl (C=O) groups excluding carboxylic acids is 3. The SMILES string of the molecule is C=CCn1c(SCC(=O)Nc2sc(C(N)=O)c(C)c2C(=O)OC)nnc1C(C)C. The summed E-state index contributed by atoms with van der Waals surface area (Å²) < 4.78 is 6.66. The number of nitrogens with one attached hydrogen (secondary N) is 1. The molecule has 11 heteroatoms. The highest BCUT2D eigenvalue weighted by Crippen LogP contribution is 2.33. The number of ether oxygens (including phenoxy) is 1. The van der Waals surface area contributed by atoms with Gasteiger partial charge < -0.3 is 20.4 Å². The fourth-order valence-corrected chi connectivity index (χ4v) is 4.43. The van der Waals surface area contributed by atoms with Crippen molar-refractivity contribution in [2.24, 2.45) is 5.73 Å². The number of aromatic nitrogens is 3. The molecule has 2 heterocycles. The molecule has 0 bridgehead atoms. The van der Waals surface area contributed by atoms with Crippen molar-refractivity contribution in [2.75, 3.05) is 18.2 Å². The summed E-state index contributed by atoms with van der Waals surface area (Å²) in [6.45, 7) is 9.87. The van der Waals surface area contributed by atoms with E-state index in [-0.39, 0.29) is 33.0 Å². The Labute approximate surface area is 176 Å². The van der Waals surface area contributed by atoms with Gasteiger partial charge in [-0.15, -0.1) is 28.1 Å². The van der Waals surface area contributed by atoms with E-state index in [1.54, 1.807) is 13.0 Å². The number of allylic oxidation sites excluding steroid dienone is 1. The molecule has 2 aromatic rings. The summed E-state index contributed by atoms with van der Waals surface area (Å²) in [5.41, 5.74) is 5.86. The summed E-state index contributed by atoms with van der Waals surface area (Å²) in [5.74, 6) is -0.670. The fraction of sp³-hybridized carbons (Fsp3) is 0.389. The van der Waals surface area contributed by atoms with Crippen LogP contribution < -0.4 is 11.1 Å². The number of thioether (sulfide) groups is 1. The average Bonchev–Trinajstić information content (AvgIpc) is 3.21. The van der Waals surface area contributed by atoms with Crippen molar-refractivity contribution >= 4 is 45.9 Å². The first-order valence-corrected chi connectivity index (χ1v) is 10.5. The molecule has 0 aliphatic rings. The molecule has 0 aromatic carbocycles. The highest BCUT2D eigenvalue weighted by Gasteiger charge is 2.25. The Morgan fingerprint density at radius 1 is 1.38 bits per heavy atom. The number of anilines is 1. The van der Waals surface area contributed by atoms with Crippen LogP contribution in [0.3, 0.4) is 0 Å². The van der Waals surface area contributed by atoms with Crippen LogP contribution in [0.15, 0.2) is 17.8 Å². The van der Waals surface area contributed by atoms with Gasteiger partial charge in [0.15, 0.2) is 5.16 Å².